The first-order valence-electron chi connectivity index (χ1n) is 10.6. The number of rotatable bonds is 4. The van der Waals surface area contributed by atoms with E-state index in [1.165, 1.54) is 25.7 Å². The molecule has 1 amide bonds. The number of nitrogens with one attached hydrogen (secondary N) is 2. The number of aliphatic imine (C=N–C) groups is 1. The van der Waals surface area contributed by atoms with E-state index in [2.05, 4.69) is 20.5 Å². The molecule has 3 unspecified atom stereocenters. The van der Waals surface area contributed by atoms with E-state index >= 15 is 0 Å². The summed E-state index contributed by atoms with van der Waals surface area (Å²) in [4.78, 5) is 20.3. The molecule has 8 heteroatoms. The van der Waals surface area contributed by atoms with Gasteiger partial charge < -0.3 is 20.3 Å². The van der Waals surface area contributed by atoms with Gasteiger partial charge in [0.2, 0.25) is 5.91 Å². The predicted molar refractivity (Wildman–Crippen MR) is 121 cm³/mol. The number of nitrogens with zero attached hydrogens (tertiary/aromatic N) is 3. The van der Waals surface area contributed by atoms with Crippen LogP contribution < -0.4 is 10.6 Å². The van der Waals surface area contributed by atoms with Crippen LogP contribution in [0.2, 0.25) is 0 Å². The number of piperidine rings is 1. The van der Waals surface area contributed by atoms with Gasteiger partial charge in [0.1, 0.15) is 0 Å². The van der Waals surface area contributed by atoms with Gasteiger partial charge in [-0.2, -0.15) is 0 Å². The normalized spacial score (nSPS) is 32.0. The molecule has 7 nitrogen and oxygen atoms in total. The van der Waals surface area contributed by atoms with Gasteiger partial charge in [-0.15, -0.1) is 24.0 Å². The lowest BCUT2D eigenvalue weighted by Gasteiger charge is -2.63. The molecule has 0 aromatic heterocycles. The smallest absolute Gasteiger partial charge is 0.236 e. The van der Waals surface area contributed by atoms with Crippen LogP contribution in [0.3, 0.4) is 0 Å². The maximum Gasteiger partial charge on any atom is 0.236 e. The predicted octanol–water partition coefficient (Wildman–Crippen LogP) is 1.28. The molecule has 2 saturated carbocycles. The van der Waals surface area contributed by atoms with Crippen molar-refractivity contribution in [2.24, 2.45) is 16.3 Å². The number of halogens is 1. The van der Waals surface area contributed by atoms with Crippen molar-refractivity contribution in [3.63, 3.8) is 0 Å². The number of ether oxygens (including phenoxy) is 1. The van der Waals surface area contributed by atoms with E-state index in [-0.39, 0.29) is 29.9 Å². The molecule has 0 bridgehead atoms. The van der Waals surface area contributed by atoms with E-state index < -0.39 is 0 Å². The molecule has 2 aliphatic carbocycles. The fraction of sp³-hybridized carbons (Fsp3) is 0.900. The lowest BCUT2D eigenvalue weighted by molar-refractivity contribution is -0.171. The Morgan fingerprint density at radius 2 is 1.93 bits per heavy atom. The molecule has 1 spiro atoms. The van der Waals surface area contributed by atoms with Crippen LogP contribution in [0.25, 0.3) is 0 Å². The minimum Gasteiger partial charge on any atom is -0.377 e. The maximum atomic E-state index is 11.9. The highest BCUT2D eigenvalue weighted by atomic mass is 127. The topological polar surface area (TPSA) is 69.2 Å². The van der Waals surface area contributed by atoms with E-state index in [4.69, 9.17) is 4.74 Å². The summed E-state index contributed by atoms with van der Waals surface area (Å²) in [6.07, 6.45) is 7.68. The number of likely N-dealkylation sites (N-methyl/N-ethyl adjacent to an activating group) is 1. The van der Waals surface area contributed by atoms with Crippen LogP contribution in [-0.2, 0) is 9.53 Å². The van der Waals surface area contributed by atoms with Crippen LogP contribution in [0.4, 0.5) is 0 Å². The minimum absolute atomic E-state index is 0. The lowest BCUT2D eigenvalue weighted by atomic mass is 9.46. The largest absolute Gasteiger partial charge is 0.377 e. The van der Waals surface area contributed by atoms with E-state index in [1.807, 2.05) is 21.1 Å². The van der Waals surface area contributed by atoms with Gasteiger partial charge in [0.05, 0.1) is 12.6 Å². The summed E-state index contributed by atoms with van der Waals surface area (Å²) in [5.41, 5.74) is 0.370. The molecular weight excluding hydrogens is 469 g/mol. The molecule has 0 aromatic rings. The van der Waals surface area contributed by atoms with Crippen LogP contribution in [0, 0.1) is 11.3 Å². The van der Waals surface area contributed by atoms with Crippen LogP contribution in [0.5, 0.6) is 0 Å². The number of carbonyl (C=O) groups excluding carboxylic acids is 1. The molecule has 4 aliphatic rings. The molecule has 160 valence electrons. The number of carbonyl (C=O) groups is 1. The van der Waals surface area contributed by atoms with Crippen molar-refractivity contribution in [2.45, 2.75) is 56.7 Å². The zero-order valence-electron chi connectivity index (χ0n) is 17.4. The number of amides is 1. The van der Waals surface area contributed by atoms with Gasteiger partial charge in [0, 0.05) is 64.3 Å². The first-order valence-corrected chi connectivity index (χ1v) is 10.6. The molecule has 2 N–H and O–H groups in total. The second kappa shape index (κ2) is 9.04. The fourth-order valence-corrected chi connectivity index (χ4v) is 5.54. The minimum atomic E-state index is 0. The van der Waals surface area contributed by atoms with Crippen molar-refractivity contribution in [3.05, 3.63) is 0 Å². The molecule has 4 fully saturated rings. The van der Waals surface area contributed by atoms with Crippen molar-refractivity contribution in [1.29, 1.82) is 0 Å². The summed E-state index contributed by atoms with van der Waals surface area (Å²) in [6.45, 7) is 3.37. The van der Waals surface area contributed by atoms with Crippen molar-refractivity contribution in [1.82, 2.24) is 20.4 Å². The first-order chi connectivity index (χ1) is 13.0. The third-order valence-corrected chi connectivity index (χ3v) is 7.34. The first kappa shape index (κ1) is 22.1. The Bertz CT molecular complexity index is 587. The standard InChI is InChI=1S/C20H35N5O2.HI/c1-21-19(22-14-5-10-25(11-6-14)13-16(26)24(2)3)23-17-15-7-12-27-18(15)20(17)8-4-9-20;/h14-15,17-18H,4-13H2,1-3H3,(H2,21,22,23);1H. The highest BCUT2D eigenvalue weighted by Crippen LogP contribution is 2.62. The fourth-order valence-electron chi connectivity index (χ4n) is 5.54. The summed E-state index contributed by atoms with van der Waals surface area (Å²) >= 11 is 0. The van der Waals surface area contributed by atoms with Gasteiger partial charge in [0.25, 0.3) is 0 Å². The Morgan fingerprint density at radius 1 is 1.21 bits per heavy atom. The maximum absolute atomic E-state index is 11.9. The van der Waals surface area contributed by atoms with E-state index in [1.54, 1.807) is 4.90 Å². The Kier molecular flexibility index (Phi) is 7.13. The number of guanidine groups is 1. The Labute approximate surface area is 186 Å². The van der Waals surface area contributed by atoms with Crippen molar-refractivity contribution in [2.75, 3.05) is 47.4 Å². The lowest BCUT2D eigenvalue weighted by Crippen LogP contribution is -2.72. The van der Waals surface area contributed by atoms with Crippen LogP contribution >= 0.6 is 24.0 Å². The van der Waals surface area contributed by atoms with Gasteiger partial charge in [-0.1, -0.05) is 6.42 Å². The average Bonchev–Trinajstić information content (AvgIpc) is 3.03. The van der Waals surface area contributed by atoms with Gasteiger partial charge in [-0.25, -0.2) is 0 Å². The molecule has 2 heterocycles. The van der Waals surface area contributed by atoms with Gasteiger partial charge in [-0.05, 0) is 32.1 Å². The highest BCUT2D eigenvalue weighted by molar-refractivity contribution is 14.0. The third-order valence-electron chi connectivity index (χ3n) is 7.34. The van der Waals surface area contributed by atoms with Crippen LogP contribution in [0.15, 0.2) is 4.99 Å². The van der Waals surface area contributed by atoms with Crippen molar-refractivity contribution < 1.29 is 9.53 Å². The summed E-state index contributed by atoms with van der Waals surface area (Å²) in [5, 5.41) is 7.40. The highest BCUT2D eigenvalue weighted by Gasteiger charge is 2.66. The van der Waals surface area contributed by atoms with Gasteiger partial charge in [0.15, 0.2) is 5.96 Å². The van der Waals surface area contributed by atoms with Gasteiger partial charge >= 0.3 is 0 Å². The second-order valence-electron chi connectivity index (χ2n) is 9.01. The molecule has 0 radical (unpaired) electrons. The van der Waals surface area contributed by atoms with Gasteiger partial charge in [-0.3, -0.25) is 14.7 Å². The van der Waals surface area contributed by atoms with Crippen molar-refractivity contribution in [3.8, 4) is 0 Å². The zero-order chi connectivity index (χ0) is 19.0. The van der Waals surface area contributed by atoms with E-state index in [0.717, 1.165) is 38.5 Å². The van der Waals surface area contributed by atoms with Crippen LogP contribution in [0.1, 0.15) is 38.5 Å². The Balaban J connectivity index is 0.00000225. The molecule has 3 atom stereocenters. The molecule has 0 aromatic carbocycles. The molecule has 4 rings (SSSR count). The Hall–Kier alpha value is -0.610. The number of hydrogen-bond donors (Lipinski definition) is 2. The molecule has 28 heavy (non-hydrogen) atoms. The summed E-state index contributed by atoms with van der Waals surface area (Å²) in [5.74, 6) is 1.78. The van der Waals surface area contributed by atoms with Crippen molar-refractivity contribution >= 4 is 35.8 Å². The molecule has 2 aliphatic heterocycles. The number of hydrogen-bond acceptors (Lipinski definition) is 4. The summed E-state index contributed by atoms with van der Waals surface area (Å²) < 4.78 is 6.03. The summed E-state index contributed by atoms with van der Waals surface area (Å²) in [7, 11) is 5.51. The van der Waals surface area contributed by atoms with E-state index in [0.29, 0.717) is 36.1 Å². The summed E-state index contributed by atoms with van der Waals surface area (Å²) in [6, 6.07) is 0.942. The molecular formula is C20H36IN5O2. The number of likely N-dealkylation sites (tertiary alicyclic amines) is 1. The quantitative estimate of drug-likeness (QED) is 0.343. The zero-order valence-corrected chi connectivity index (χ0v) is 19.8. The number of fused-ring (bicyclic) bond motifs is 2. The van der Waals surface area contributed by atoms with Crippen LogP contribution in [-0.4, -0.2) is 87.2 Å². The monoisotopic (exact) mass is 505 g/mol. The Morgan fingerprint density at radius 3 is 2.50 bits per heavy atom. The second-order valence-corrected chi connectivity index (χ2v) is 9.01. The molecule has 2 saturated heterocycles. The third kappa shape index (κ3) is 4.01. The SMILES string of the molecule is CN=C(NC1CCN(CC(=O)N(C)C)CC1)NC1C2CCOC2C12CCC2.I. The average molecular weight is 505 g/mol. The van der Waals surface area contributed by atoms with E-state index in [9.17, 15) is 4.79 Å².